The van der Waals surface area contributed by atoms with Gasteiger partial charge in [-0.2, -0.15) is 9.61 Å². The number of anilines is 1. The van der Waals surface area contributed by atoms with Crippen LogP contribution in [-0.4, -0.2) is 46.6 Å². The number of nitrogen functional groups attached to an aromatic ring is 1. The molecule has 9 heteroatoms. The first-order valence-corrected chi connectivity index (χ1v) is 8.98. The lowest BCUT2D eigenvalue weighted by Gasteiger charge is -2.10. The van der Waals surface area contributed by atoms with E-state index in [0.717, 1.165) is 23.2 Å². The van der Waals surface area contributed by atoms with E-state index in [1.807, 2.05) is 18.2 Å². The molecule has 2 aromatic heterocycles. The first-order chi connectivity index (χ1) is 13.5. The third-order valence-electron chi connectivity index (χ3n) is 4.28. The first kappa shape index (κ1) is 19.4. The monoisotopic (exact) mass is 385 g/mol. The van der Waals surface area contributed by atoms with Gasteiger partial charge >= 0.3 is 5.97 Å². The van der Waals surface area contributed by atoms with E-state index in [9.17, 15) is 4.79 Å². The summed E-state index contributed by atoms with van der Waals surface area (Å²) in [6, 6.07) is 5.57. The summed E-state index contributed by atoms with van der Waals surface area (Å²) >= 11 is 0. The fourth-order valence-corrected chi connectivity index (χ4v) is 3.01. The molecule has 0 atom stereocenters. The van der Waals surface area contributed by atoms with Crippen molar-refractivity contribution in [3.8, 4) is 22.6 Å². The van der Waals surface area contributed by atoms with Crippen LogP contribution in [0.3, 0.4) is 0 Å². The van der Waals surface area contributed by atoms with Crippen molar-refractivity contribution in [2.45, 2.75) is 26.7 Å². The van der Waals surface area contributed by atoms with E-state index in [1.54, 1.807) is 21.1 Å². The maximum atomic E-state index is 12.1. The van der Waals surface area contributed by atoms with Gasteiger partial charge in [-0.3, -0.25) is 0 Å². The molecule has 0 aliphatic rings. The number of hydrogen-bond acceptors (Lipinski definition) is 8. The average molecular weight is 385 g/mol. The van der Waals surface area contributed by atoms with Crippen molar-refractivity contribution in [2.24, 2.45) is 0 Å². The van der Waals surface area contributed by atoms with Gasteiger partial charge in [0.05, 0.1) is 32.1 Å². The minimum absolute atomic E-state index is 0.0567. The second-order valence-corrected chi connectivity index (χ2v) is 6.03. The van der Waals surface area contributed by atoms with E-state index in [-0.39, 0.29) is 18.1 Å². The number of esters is 1. The Hall–Kier alpha value is -3.36. The van der Waals surface area contributed by atoms with Crippen LogP contribution < -0.4 is 15.2 Å². The number of ether oxygens (including phenoxy) is 3. The maximum absolute atomic E-state index is 12.1. The quantitative estimate of drug-likeness (QED) is 0.617. The molecule has 2 heterocycles. The molecule has 0 fully saturated rings. The lowest BCUT2D eigenvalue weighted by molar-refractivity contribution is 0.0519. The van der Waals surface area contributed by atoms with Crippen LogP contribution in [0.2, 0.25) is 0 Å². The lowest BCUT2D eigenvalue weighted by Crippen LogP contribution is -2.15. The van der Waals surface area contributed by atoms with Gasteiger partial charge in [-0.15, -0.1) is 10.2 Å². The normalized spacial score (nSPS) is 10.9. The molecule has 148 valence electrons. The molecule has 1 aromatic carbocycles. The largest absolute Gasteiger partial charge is 0.493 e. The fraction of sp³-hybridized carbons (Fsp3) is 0.368. The smallest absolute Gasteiger partial charge is 0.362 e. The Morgan fingerprint density at radius 1 is 1.14 bits per heavy atom. The van der Waals surface area contributed by atoms with Gasteiger partial charge in [0, 0.05) is 0 Å². The van der Waals surface area contributed by atoms with Crippen LogP contribution in [0.15, 0.2) is 18.2 Å². The molecule has 0 aliphatic heterocycles. The molecule has 0 aliphatic carbocycles. The van der Waals surface area contributed by atoms with Crippen LogP contribution in [0, 0.1) is 0 Å². The zero-order chi connectivity index (χ0) is 20.3. The molecule has 0 bridgehead atoms. The molecule has 3 rings (SSSR count). The molecule has 0 spiro atoms. The van der Waals surface area contributed by atoms with Crippen molar-refractivity contribution < 1.29 is 19.0 Å². The van der Waals surface area contributed by atoms with Gasteiger partial charge in [-0.05, 0) is 31.0 Å². The van der Waals surface area contributed by atoms with E-state index in [1.165, 1.54) is 4.52 Å². The van der Waals surface area contributed by atoms with Gasteiger partial charge < -0.3 is 19.9 Å². The summed E-state index contributed by atoms with van der Waals surface area (Å²) in [5.41, 5.74) is 9.00. The minimum atomic E-state index is -0.630. The fourth-order valence-electron chi connectivity index (χ4n) is 3.01. The van der Waals surface area contributed by atoms with Gasteiger partial charge in [0.15, 0.2) is 23.0 Å². The predicted molar refractivity (Wildman–Crippen MR) is 104 cm³/mol. The number of aromatic nitrogens is 4. The molecule has 3 aromatic rings. The Balaban J connectivity index is 2.23. The number of fused-ring (bicyclic) bond motifs is 1. The topological polar surface area (TPSA) is 114 Å². The molecule has 0 saturated carbocycles. The SMILES string of the molecule is CCCc1nn2c(N)c(C(=O)OCC)nnc2c1-c1ccc(OC)c(OC)c1. The third kappa shape index (κ3) is 3.30. The number of hydrogen-bond donors (Lipinski definition) is 1. The van der Waals surface area contributed by atoms with E-state index in [2.05, 4.69) is 22.2 Å². The summed E-state index contributed by atoms with van der Waals surface area (Å²) in [7, 11) is 3.16. The maximum Gasteiger partial charge on any atom is 0.362 e. The van der Waals surface area contributed by atoms with E-state index < -0.39 is 5.97 Å². The van der Waals surface area contributed by atoms with Crippen LogP contribution in [0.25, 0.3) is 16.8 Å². The highest BCUT2D eigenvalue weighted by Crippen LogP contribution is 2.36. The number of nitrogens with two attached hydrogens (primary N) is 1. The van der Waals surface area contributed by atoms with Crippen LogP contribution in [0.4, 0.5) is 5.82 Å². The minimum Gasteiger partial charge on any atom is -0.493 e. The molecular formula is C19H23N5O4. The highest BCUT2D eigenvalue weighted by molar-refractivity contribution is 5.93. The third-order valence-corrected chi connectivity index (χ3v) is 4.28. The Morgan fingerprint density at radius 2 is 1.89 bits per heavy atom. The standard InChI is InChI=1S/C19H23N5O4/c1-5-7-12-15(11-8-9-13(26-3)14(10-11)27-4)18-22-21-16(19(25)28-6-2)17(20)24(18)23-12/h8-10H,5-7,20H2,1-4H3. The van der Waals surface area contributed by atoms with E-state index in [0.29, 0.717) is 23.6 Å². The number of carbonyl (C=O) groups is 1. The number of benzene rings is 1. The summed E-state index contributed by atoms with van der Waals surface area (Å²) in [6.45, 7) is 3.99. The molecule has 28 heavy (non-hydrogen) atoms. The summed E-state index contributed by atoms with van der Waals surface area (Å²) in [4.78, 5) is 12.1. The van der Waals surface area contributed by atoms with E-state index in [4.69, 9.17) is 19.9 Å². The highest BCUT2D eigenvalue weighted by Gasteiger charge is 2.23. The average Bonchev–Trinajstić information content (AvgIpc) is 3.07. The van der Waals surface area contributed by atoms with Crippen molar-refractivity contribution in [1.29, 1.82) is 0 Å². The summed E-state index contributed by atoms with van der Waals surface area (Å²) in [6.07, 6.45) is 1.59. The first-order valence-electron chi connectivity index (χ1n) is 8.98. The summed E-state index contributed by atoms with van der Waals surface area (Å²) in [5, 5.41) is 12.8. The Bertz CT molecular complexity index is 1020. The number of nitrogens with zero attached hydrogens (tertiary/aromatic N) is 4. The molecule has 0 radical (unpaired) electrons. The van der Waals surface area contributed by atoms with Gasteiger partial charge in [0.1, 0.15) is 0 Å². The van der Waals surface area contributed by atoms with Gasteiger partial charge in [0.25, 0.3) is 0 Å². The second kappa shape index (κ2) is 8.12. The summed E-state index contributed by atoms with van der Waals surface area (Å²) in [5.74, 6) is 0.669. The van der Waals surface area contributed by atoms with Crippen molar-refractivity contribution in [2.75, 3.05) is 26.6 Å². The Morgan fingerprint density at radius 3 is 2.54 bits per heavy atom. The Kier molecular flexibility index (Phi) is 5.62. The lowest BCUT2D eigenvalue weighted by atomic mass is 10.0. The van der Waals surface area contributed by atoms with Gasteiger partial charge in [0.2, 0.25) is 5.69 Å². The van der Waals surface area contributed by atoms with Crippen molar-refractivity contribution in [1.82, 2.24) is 19.8 Å². The second-order valence-electron chi connectivity index (χ2n) is 6.03. The van der Waals surface area contributed by atoms with Crippen LogP contribution >= 0.6 is 0 Å². The van der Waals surface area contributed by atoms with Crippen LogP contribution in [0.5, 0.6) is 11.5 Å². The zero-order valence-electron chi connectivity index (χ0n) is 16.4. The van der Waals surface area contributed by atoms with Gasteiger partial charge in [-0.25, -0.2) is 4.79 Å². The van der Waals surface area contributed by atoms with E-state index >= 15 is 0 Å². The highest BCUT2D eigenvalue weighted by atomic mass is 16.5. The number of rotatable bonds is 7. The molecule has 9 nitrogen and oxygen atoms in total. The molecule has 0 amide bonds. The molecule has 2 N–H and O–H groups in total. The van der Waals surface area contributed by atoms with Crippen molar-refractivity contribution in [3.63, 3.8) is 0 Å². The molecule has 0 saturated heterocycles. The number of carbonyl (C=O) groups excluding carboxylic acids is 1. The number of methoxy groups -OCH3 is 2. The van der Waals surface area contributed by atoms with Crippen molar-refractivity contribution in [3.05, 3.63) is 29.6 Å². The predicted octanol–water partition coefficient (Wildman–Crippen LogP) is 2.52. The molecule has 0 unspecified atom stereocenters. The molecular weight excluding hydrogens is 362 g/mol. The van der Waals surface area contributed by atoms with Crippen LogP contribution in [0.1, 0.15) is 36.5 Å². The van der Waals surface area contributed by atoms with Crippen molar-refractivity contribution >= 4 is 17.4 Å². The number of aryl methyl sites for hydroxylation is 1. The van der Waals surface area contributed by atoms with Gasteiger partial charge in [-0.1, -0.05) is 19.4 Å². The Labute approximate surface area is 162 Å². The summed E-state index contributed by atoms with van der Waals surface area (Å²) < 4.78 is 17.2. The van der Waals surface area contributed by atoms with Crippen LogP contribution in [-0.2, 0) is 11.2 Å². The zero-order valence-corrected chi connectivity index (χ0v) is 16.4.